The van der Waals surface area contributed by atoms with E-state index in [0.29, 0.717) is 23.4 Å². The Morgan fingerprint density at radius 1 is 1.09 bits per heavy atom. The van der Waals surface area contributed by atoms with Gasteiger partial charge in [-0.05, 0) is 71.0 Å². The van der Waals surface area contributed by atoms with Crippen molar-refractivity contribution in [2.75, 3.05) is 10.6 Å². The Balaban J connectivity index is 1.83. The number of carbonyl (C=O) groups is 2. The largest absolute Gasteiger partial charge is 0.487 e. The first-order valence-corrected chi connectivity index (χ1v) is 11.2. The lowest BCUT2D eigenvalue weighted by atomic mass is 9.89. The Hall–Kier alpha value is -3.14. The van der Waals surface area contributed by atoms with Gasteiger partial charge in [0, 0.05) is 22.7 Å². The molecule has 0 bridgehead atoms. The maximum absolute atomic E-state index is 13.4. The number of nitrogens with one attached hydrogen (secondary N) is 3. The van der Waals surface area contributed by atoms with Crippen LogP contribution in [0.5, 0.6) is 5.75 Å². The van der Waals surface area contributed by atoms with E-state index in [1.807, 2.05) is 13.8 Å². The van der Waals surface area contributed by atoms with Crippen LogP contribution in [-0.2, 0) is 10.9 Å². The number of urea groups is 1. The molecule has 0 unspecified atom stereocenters. The molecule has 7 nitrogen and oxygen atoms in total. The van der Waals surface area contributed by atoms with Crippen molar-refractivity contribution in [3.05, 3.63) is 52.5 Å². The number of anilines is 2. The molecule has 0 saturated carbocycles. The van der Waals surface area contributed by atoms with E-state index in [0.717, 1.165) is 12.1 Å². The summed E-state index contributed by atoms with van der Waals surface area (Å²) in [5.41, 5.74) is -1.87. The van der Waals surface area contributed by atoms with Gasteiger partial charge in [-0.25, -0.2) is 9.59 Å². The Kier molecular flexibility index (Phi) is 7.17. The number of rotatable bonds is 3. The summed E-state index contributed by atoms with van der Waals surface area (Å²) in [6, 6.07) is 6.55. The zero-order valence-corrected chi connectivity index (χ0v) is 20.6. The molecule has 1 atom stereocenters. The van der Waals surface area contributed by atoms with Gasteiger partial charge < -0.3 is 20.1 Å². The highest BCUT2D eigenvalue weighted by Gasteiger charge is 2.37. The van der Waals surface area contributed by atoms with Crippen molar-refractivity contribution >= 4 is 35.1 Å². The Bertz CT molecular complexity index is 1130. The van der Waals surface area contributed by atoms with Crippen LogP contribution in [0.25, 0.3) is 0 Å². The quantitative estimate of drug-likeness (QED) is 0.407. The van der Waals surface area contributed by atoms with Gasteiger partial charge in [0.05, 0.1) is 17.3 Å². The summed E-state index contributed by atoms with van der Waals surface area (Å²) in [4.78, 5) is 24.9. The Morgan fingerprint density at radius 3 is 2.40 bits per heavy atom. The van der Waals surface area contributed by atoms with Crippen molar-refractivity contribution < 1.29 is 32.2 Å². The lowest BCUT2D eigenvalue weighted by Crippen LogP contribution is -2.42. The van der Waals surface area contributed by atoms with Gasteiger partial charge in [-0.1, -0.05) is 11.6 Å². The molecule has 1 heterocycles. The second-order valence-electron chi connectivity index (χ2n) is 9.78. The summed E-state index contributed by atoms with van der Waals surface area (Å²) >= 11 is 5.71. The first-order valence-electron chi connectivity index (χ1n) is 10.8. The van der Waals surface area contributed by atoms with Gasteiger partial charge in [0.25, 0.3) is 0 Å². The van der Waals surface area contributed by atoms with Crippen LogP contribution >= 0.6 is 11.6 Å². The van der Waals surface area contributed by atoms with Crippen LogP contribution < -0.4 is 20.7 Å². The van der Waals surface area contributed by atoms with Gasteiger partial charge in [0.2, 0.25) is 0 Å². The normalized spacial score (nSPS) is 17.0. The zero-order valence-electron chi connectivity index (χ0n) is 19.9. The number of ether oxygens (including phenoxy) is 2. The molecule has 11 heteroatoms. The van der Waals surface area contributed by atoms with E-state index in [-0.39, 0.29) is 5.02 Å². The van der Waals surface area contributed by atoms with Crippen LogP contribution in [0.1, 0.15) is 58.2 Å². The molecular weight excluding hydrogens is 487 g/mol. The van der Waals surface area contributed by atoms with E-state index in [1.165, 1.54) is 6.07 Å². The van der Waals surface area contributed by atoms with Gasteiger partial charge in [0.15, 0.2) is 0 Å². The van der Waals surface area contributed by atoms with Crippen molar-refractivity contribution in [1.29, 1.82) is 0 Å². The number of amides is 3. The minimum atomic E-state index is -4.71. The van der Waals surface area contributed by atoms with Crippen molar-refractivity contribution in [2.24, 2.45) is 0 Å². The maximum Gasteiger partial charge on any atom is 0.418 e. The number of benzene rings is 2. The molecule has 0 radical (unpaired) electrons. The fraction of sp³-hybridized carbons (Fsp3) is 0.417. The lowest BCUT2D eigenvalue weighted by Gasteiger charge is -2.38. The minimum Gasteiger partial charge on any atom is -0.487 e. The molecule has 190 valence electrons. The van der Waals surface area contributed by atoms with Gasteiger partial charge in [0.1, 0.15) is 17.0 Å². The number of halogens is 4. The van der Waals surface area contributed by atoms with Gasteiger partial charge >= 0.3 is 18.3 Å². The Morgan fingerprint density at radius 2 is 1.77 bits per heavy atom. The van der Waals surface area contributed by atoms with Crippen LogP contribution in [0.2, 0.25) is 5.02 Å². The smallest absolute Gasteiger partial charge is 0.418 e. The second kappa shape index (κ2) is 9.49. The number of hydrogen-bond donors (Lipinski definition) is 3. The lowest BCUT2D eigenvalue weighted by molar-refractivity contribution is -0.136. The van der Waals surface area contributed by atoms with Crippen LogP contribution in [0.3, 0.4) is 0 Å². The number of fused-ring (bicyclic) bond motifs is 1. The van der Waals surface area contributed by atoms with Crippen LogP contribution in [0.4, 0.5) is 34.1 Å². The van der Waals surface area contributed by atoms with E-state index in [9.17, 15) is 22.8 Å². The van der Waals surface area contributed by atoms with E-state index in [4.69, 9.17) is 21.1 Å². The Labute approximate surface area is 206 Å². The fourth-order valence-corrected chi connectivity index (χ4v) is 3.83. The molecule has 0 spiro atoms. The molecule has 3 rings (SSSR count). The monoisotopic (exact) mass is 513 g/mol. The SMILES string of the molecule is CC(C)(C)OC(=O)Nc1ccc2c(c1)[C@@H](NC(=O)Nc1ccc(Cl)cc1C(F)(F)F)CC(C)(C)O2. The molecule has 1 aliphatic heterocycles. The molecule has 1 aliphatic rings. The van der Waals surface area contributed by atoms with E-state index in [1.54, 1.807) is 39.0 Å². The topological polar surface area (TPSA) is 88.7 Å². The van der Waals surface area contributed by atoms with Crippen LogP contribution in [-0.4, -0.2) is 23.3 Å². The average Bonchev–Trinajstić information content (AvgIpc) is 2.67. The molecule has 3 N–H and O–H groups in total. The molecule has 35 heavy (non-hydrogen) atoms. The zero-order chi connectivity index (χ0) is 26.2. The summed E-state index contributed by atoms with van der Waals surface area (Å²) < 4.78 is 51.4. The molecule has 2 aromatic rings. The third-order valence-corrected chi connectivity index (χ3v) is 5.19. The van der Waals surface area contributed by atoms with Crippen molar-refractivity contribution in [3.8, 4) is 5.75 Å². The predicted molar refractivity (Wildman–Crippen MR) is 127 cm³/mol. The molecule has 0 fully saturated rings. The van der Waals surface area contributed by atoms with Crippen LogP contribution in [0, 0.1) is 0 Å². The summed E-state index contributed by atoms with van der Waals surface area (Å²) in [7, 11) is 0. The summed E-state index contributed by atoms with van der Waals surface area (Å²) in [6.45, 7) is 8.86. The molecule has 0 aromatic heterocycles. The first-order chi connectivity index (χ1) is 16.0. The van der Waals surface area contributed by atoms with Gasteiger partial charge in [-0.3, -0.25) is 5.32 Å². The van der Waals surface area contributed by atoms with Crippen LogP contribution in [0.15, 0.2) is 36.4 Å². The first kappa shape index (κ1) is 26.5. The number of carbonyl (C=O) groups excluding carboxylic acids is 2. The average molecular weight is 514 g/mol. The molecular formula is C24H27ClF3N3O4. The van der Waals surface area contributed by atoms with Gasteiger partial charge in [-0.15, -0.1) is 0 Å². The van der Waals surface area contributed by atoms with E-state index in [2.05, 4.69) is 16.0 Å². The number of hydrogen-bond acceptors (Lipinski definition) is 4. The van der Waals surface area contributed by atoms with E-state index < -0.39 is 46.8 Å². The maximum atomic E-state index is 13.4. The minimum absolute atomic E-state index is 0.103. The molecule has 2 aromatic carbocycles. The van der Waals surface area contributed by atoms with Crippen molar-refractivity contribution in [2.45, 2.75) is 64.5 Å². The number of alkyl halides is 3. The fourth-order valence-electron chi connectivity index (χ4n) is 3.66. The standard InChI is InChI=1S/C24H27ClF3N3O4/c1-22(2,3)35-21(33)29-14-7-9-19-15(11-14)18(12-23(4,5)34-19)31-20(32)30-17-8-6-13(25)10-16(17)24(26,27)28/h6-11,18H,12H2,1-5H3,(H,29,33)(H2,30,31,32)/t18-/m0/s1. The van der Waals surface area contributed by atoms with Crippen molar-refractivity contribution in [3.63, 3.8) is 0 Å². The third-order valence-electron chi connectivity index (χ3n) is 4.95. The van der Waals surface area contributed by atoms with Crippen molar-refractivity contribution in [1.82, 2.24) is 5.32 Å². The highest BCUT2D eigenvalue weighted by molar-refractivity contribution is 6.30. The highest BCUT2D eigenvalue weighted by Crippen LogP contribution is 2.41. The summed E-state index contributed by atoms with van der Waals surface area (Å²) in [5.74, 6) is 0.476. The summed E-state index contributed by atoms with van der Waals surface area (Å²) in [6.07, 6.45) is -5.03. The third kappa shape index (κ3) is 7.17. The molecule has 0 saturated heterocycles. The molecule has 3 amide bonds. The summed E-state index contributed by atoms with van der Waals surface area (Å²) in [5, 5.41) is 7.51. The second-order valence-corrected chi connectivity index (χ2v) is 10.2. The molecule has 0 aliphatic carbocycles. The highest BCUT2D eigenvalue weighted by atomic mass is 35.5. The van der Waals surface area contributed by atoms with E-state index >= 15 is 0 Å². The predicted octanol–water partition coefficient (Wildman–Crippen LogP) is 7.13. The van der Waals surface area contributed by atoms with Gasteiger partial charge in [-0.2, -0.15) is 13.2 Å².